The van der Waals surface area contributed by atoms with Gasteiger partial charge >= 0.3 is 0 Å². The summed E-state index contributed by atoms with van der Waals surface area (Å²) in [6.45, 7) is 10.9. The second-order valence-electron chi connectivity index (χ2n) is 5.98. The predicted octanol–water partition coefficient (Wildman–Crippen LogP) is 3.77. The van der Waals surface area contributed by atoms with E-state index in [2.05, 4.69) is 49.0 Å². The number of aromatic nitrogens is 1. The van der Waals surface area contributed by atoms with Crippen molar-refractivity contribution in [2.24, 2.45) is 0 Å². The molecular weight excluding hydrogens is 274 g/mol. The fourth-order valence-corrected chi connectivity index (χ4v) is 2.76. The highest BCUT2D eigenvalue weighted by atomic mass is 16.5. The van der Waals surface area contributed by atoms with Crippen molar-refractivity contribution in [3.8, 4) is 5.75 Å². The van der Waals surface area contributed by atoms with Crippen LogP contribution < -0.4 is 10.1 Å². The minimum atomic E-state index is 0.333. The minimum absolute atomic E-state index is 0.333. The quantitative estimate of drug-likeness (QED) is 0.844. The highest BCUT2D eigenvalue weighted by Crippen LogP contribution is 2.28. The number of hydrogen-bond donors (Lipinski definition) is 1. The molecule has 4 nitrogen and oxygen atoms in total. The molecule has 0 aliphatic heterocycles. The van der Waals surface area contributed by atoms with E-state index in [4.69, 9.17) is 4.74 Å². The molecule has 0 aliphatic rings. The van der Waals surface area contributed by atoms with Crippen LogP contribution in [-0.2, 0) is 0 Å². The maximum absolute atomic E-state index is 5.41. The molecule has 1 atom stereocenters. The Morgan fingerprint density at radius 2 is 2.05 bits per heavy atom. The van der Waals surface area contributed by atoms with E-state index in [1.54, 1.807) is 7.11 Å². The number of rotatable bonds is 7. The lowest BCUT2D eigenvalue weighted by atomic mass is 10.1. The minimum Gasteiger partial charge on any atom is -0.497 e. The molecule has 0 fully saturated rings. The third-order valence-corrected chi connectivity index (χ3v) is 3.96. The van der Waals surface area contributed by atoms with E-state index in [1.165, 1.54) is 0 Å². The average molecular weight is 301 g/mol. The fraction of sp³-hybridized carbons (Fsp3) is 0.500. The Bertz CT molecular complexity index is 612. The van der Waals surface area contributed by atoms with Crippen molar-refractivity contribution in [2.75, 3.05) is 25.5 Å². The van der Waals surface area contributed by atoms with Gasteiger partial charge in [-0.3, -0.25) is 9.88 Å². The monoisotopic (exact) mass is 301 g/mol. The van der Waals surface area contributed by atoms with E-state index in [9.17, 15) is 0 Å². The number of nitrogens with one attached hydrogen (secondary N) is 1. The number of ether oxygens (including phenoxy) is 1. The van der Waals surface area contributed by atoms with Crippen LogP contribution >= 0.6 is 0 Å². The van der Waals surface area contributed by atoms with Crippen LogP contribution in [0.25, 0.3) is 10.9 Å². The molecule has 1 heterocycles. The van der Waals surface area contributed by atoms with Gasteiger partial charge in [0.1, 0.15) is 5.75 Å². The van der Waals surface area contributed by atoms with Crippen LogP contribution in [0.1, 0.15) is 27.7 Å². The van der Waals surface area contributed by atoms with E-state index >= 15 is 0 Å². The molecule has 1 aromatic heterocycles. The second-order valence-corrected chi connectivity index (χ2v) is 5.98. The lowest BCUT2D eigenvalue weighted by Crippen LogP contribution is -2.39. The summed E-state index contributed by atoms with van der Waals surface area (Å²) in [6, 6.07) is 8.94. The van der Waals surface area contributed by atoms with Gasteiger partial charge in [-0.05, 0) is 39.4 Å². The number of nitrogens with zero attached hydrogens (tertiary/aromatic N) is 2. The normalized spacial score (nSPS) is 12.9. The number of fused-ring (bicyclic) bond motifs is 1. The molecule has 0 bridgehead atoms. The first-order valence-electron chi connectivity index (χ1n) is 7.98. The van der Waals surface area contributed by atoms with Gasteiger partial charge in [0.2, 0.25) is 0 Å². The maximum Gasteiger partial charge on any atom is 0.121 e. The van der Waals surface area contributed by atoms with Crippen molar-refractivity contribution in [1.82, 2.24) is 9.88 Å². The highest BCUT2D eigenvalue weighted by Gasteiger charge is 2.13. The van der Waals surface area contributed by atoms with Crippen molar-refractivity contribution < 1.29 is 4.74 Å². The largest absolute Gasteiger partial charge is 0.497 e. The van der Waals surface area contributed by atoms with Crippen LogP contribution in [0.4, 0.5) is 5.69 Å². The molecule has 1 unspecified atom stereocenters. The molecule has 0 saturated heterocycles. The van der Waals surface area contributed by atoms with Gasteiger partial charge in [-0.1, -0.05) is 13.0 Å². The molecule has 0 amide bonds. The number of anilines is 1. The first-order chi connectivity index (χ1) is 10.5. The van der Waals surface area contributed by atoms with Crippen LogP contribution in [0.15, 0.2) is 30.5 Å². The summed E-state index contributed by atoms with van der Waals surface area (Å²) in [6.07, 6.45) is 1.83. The van der Waals surface area contributed by atoms with Crippen LogP contribution in [0.3, 0.4) is 0 Å². The lowest BCUT2D eigenvalue weighted by molar-refractivity contribution is 0.227. The van der Waals surface area contributed by atoms with Crippen molar-refractivity contribution in [3.63, 3.8) is 0 Å². The molecule has 0 radical (unpaired) electrons. The molecular formula is C18H27N3O. The Hall–Kier alpha value is -1.81. The Kier molecular flexibility index (Phi) is 5.61. The molecule has 22 heavy (non-hydrogen) atoms. The Morgan fingerprint density at radius 1 is 1.27 bits per heavy atom. The summed E-state index contributed by atoms with van der Waals surface area (Å²) in [5.41, 5.74) is 2.02. The molecule has 4 heteroatoms. The Labute approximate surface area is 133 Å². The van der Waals surface area contributed by atoms with Crippen molar-refractivity contribution in [3.05, 3.63) is 30.5 Å². The van der Waals surface area contributed by atoms with Crippen LogP contribution in [0.2, 0.25) is 0 Å². The topological polar surface area (TPSA) is 37.4 Å². The van der Waals surface area contributed by atoms with Gasteiger partial charge in [0, 0.05) is 36.3 Å². The molecule has 1 aromatic carbocycles. The molecule has 1 N–H and O–H groups in total. The number of benzene rings is 1. The van der Waals surface area contributed by atoms with E-state index in [1.807, 2.05) is 24.4 Å². The highest BCUT2D eigenvalue weighted by molar-refractivity contribution is 5.91. The van der Waals surface area contributed by atoms with Crippen LogP contribution in [-0.4, -0.2) is 42.2 Å². The standard InChI is InChI=1S/C18H27N3O/c1-6-21(13(2)3)12-14(4)20-17-11-16(22-5)10-15-8-7-9-19-18(15)17/h7-11,13-14,20H,6,12H2,1-5H3. The zero-order valence-corrected chi connectivity index (χ0v) is 14.3. The van der Waals surface area contributed by atoms with Crippen molar-refractivity contribution in [2.45, 2.75) is 39.8 Å². The summed E-state index contributed by atoms with van der Waals surface area (Å²) in [4.78, 5) is 6.96. The molecule has 0 saturated carbocycles. The number of methoxy groups -OCH3 is 1. The van der Waals surface area contributed by atoms with E-state index in [0.717, 1.165) is 35.4 Å². The molecule has 0 aliphatic carbocycles. The van der Waals surface area contributed by atoms with Crippen LogP contribution in [0.5, 0.6) is 5.75 Å². The van der Waals surface area contributed by atoms with Crippen molar-refractivity contribution >= 4 is 16.6 Å². The van der Waals surface area contributed by atoms with Gasteiger partial charge in [-0.2, -0.15) is 0 Å². The first kappa shape index (κ1) is 16.6. The number of pyridine rings is 1. The SMILES string of the molecule is CCN(CC(C)Nc1cc(OC)cc2cccnc12)C(C)C. The summed E-state index contributed by atoms with van der Waals surface area (Å²) in [5, 5.41) is 4.69. The van der Waals surface area contributed by atoms with Gasteiger partial charge in [0.25, 0.3) is 0 Å². The van der Waals surface area contributed by atoms with E-state index in [0.29, 0.717) is 12.1 Å². The number of likely N-dealkylation sites (N-methyl/N-ethyl adjacent to an activating group) is 1. The summed E-state index contributed by atoms with van der Waals surface area (Å²) in [5.74, 6) is 0.853. The van der Waals surface area contributed by atoms with Gasteiger partial charge in [-0.25, -0.2) is 0 Å². The fourth-order valence-electron chi connectivity index (χ4n) is 2.76. The van der Waals surface area contributed by atoms with E-state index in [-0.39, 0.29) is 0 Å². The Morgan fingerprint density at radius 3 is 2.68 bits per heavy atom. The lowest BCUT2D eigenvalue weighted by Gasteiger charge is -2.29. The first-order valence-corrected chi connectivity index (χ1v) is 7.98. The van der Waals surface area contributed by atoms with Crippen LogP contribution in [0, 0.1) is 0 Å². The zero-order valence-electron chi connectivity index (χ0n) is 14.3. The van der Waals surface area contributed by atoms with Crippen molar-refractivity contribution in [1.29, 1.82) is 0 Å². The van der Waals surface area contributed by atoms with Gasteiger partial charge in [0.05, 0.1) is 18.3 Å². The molecule has 2 aromatic rings. The third-order valence-electron chi connectivity index (χ3n) is 3.96. The summed E-state index contributed by atoms with van der Waals surface area (Å²) >= 11 is 0. The second kappa shape index (κ2) is 7.45. The third kappa shape index (κ3) is 3.89. The Balaban J connectivity index is 2.23. The average Bonchev–Trinajstić information content (AvgIpc) is 2.52. The molecule has 0 spiro atoms. The van der Waals surface area contributed by atoms with Gasteiger partial charge in [-0.15, -0.1) is 0 Å². The summed E-state index contributed by atoms with van der Waals surface area (Å²) < 4.78 is 5.41. The summed E-state index contributed by atoms with van der Waals surface area (Å²) in [7, 11) is 1.70. The van der Waals surface area contributed by atoms with Gasteiger partial charge in [0.15, 0.2) is 0 Å². The predicted molar refractivity (Wildman–Crippen MR) is 93.8 cm³/mol. The smallest absolute Gasteiger partial charge is 0.121 e. The molecule has 2 rings (SSSR count). The molecule has 120 valence electrons. The maximum atomic E-state index is 5.41. The zero-order chi connectivity index (χ0) is 16.1. The number of hydrogen-bond acceptors (Lipinski definition) is 4. The van der Waals surface area contributed by atoms with E-state index < -0.39 is 0 Å². The van der Waals surface area contributed by atoms with Gasteiger partial charge < -0.3 is 10.1 Å².